The summed E-state index contributed by atoms with van der Waals surface area (Å²) in [6.07, 6.45) is 0. The van der Waals surface area contributed by atoms with Gasteiger partial charge in [-0.05, 0) is 33.8 Å². The summed E-state index contributed by atoms with van der Waals surface area (Å²) in [5.74, 6) is -0.742. The number of hydrogen-bond donors (Lipinski definition) is 3. The van der Waals surface area contributed by atoms with Gasteiger partial charge in [0.25, 0.3) is 0 Å². The van der Waals surface area contributed by atoms with Crippen LogP contribution in [-0.4, -0.2) is 23.1 Å². The fourth-order valence-corrected chi connectivity index (χ4v) is 1.69. The summed E-state index contributed by atoms with van der Waals surface area (Å²) in [6, 6.07) is 3.67. The number of phenolic OH excluding ortho intramolecular Hbond substituents is 1. The van der Waals surface area contributed by atoms with Crippen LogP contribution in [0.5, 0.6) is 5.75 Å². The first-order valence-corrected chi connectivity index (χ1v) is 6.22. The molecule has 1 aromatic rings. The Morgan fingerprint density at radius 2 is 2.05 bits per heavy atom. The van der Waals surface area contributed by atoms with E-state index in [9.17, 15) is 9.18 Å². The summed E-state index contributed by atoms with van der Waals surface area (Å²) >= 11 is 0. The summed E-state index contributed by atoms with van der Waals surface area (Å²) in [6.45, 7) is 7.56. The fraction of sp³-hybridized carbons (Fsp3) is 0.500. The minimum absolute atomic E-state index is 0.110. The number of aromatic hydroxyl groups is 1. The summed E-state index contributed by atoms with van der Waals surface area (Å²) < 4.78 is 13.6. The Morgan fingerprint density at radius 1 is 1.42 bits per heavy atom. The number of halogens is 1. The first-order valence-electron chi connectivity index (χ1n) is 6.22. The average Bonchev–Trinajstić information content (AvgIpc) is 2.23. The fourth-order valence-electron chi connectivity index (χ4n) is 1.69. The highest BCUT2D eigenvalue weighted by molar-refractivity contribution is 5.78. The van der Waals surface area contributed by atoms with Crippen molar-refractivity contribution in [3.63, 3.8) is 0 Å². The molecule has 1 amide bonds. The molecule has 0 aliphatic rings. The van der Waals surface area contributed by atoms with E-state index in [2.05, 4.69) is 10.6 Å². The molecule has 0 saturated carbocycles. The molecular formula is C14H21FN2O2. The highest BCUT2D eigenvalue weighted by Gasteiger charge is 2.16. The minimum atomic E-state index is -0.490. The van der Waals surface area contributed by atoms with Crippen molar-refractivity contribution in [2.24, 2.45) is 0 Å². The minimum Gasteiger partial charge on any atom is -0.508 e. The van der Waals surface area contributed by atoms with Crippen LogP contribution in [0.25, 0.3) is 0 Å². The smallest absolute Gasteiger partial charge is 0.234 e. The van der Waals surface area contributed by atoms with Crippen molar-refractivity contribution in [1.29, 1.82) is 0 Å². The number of phenols is 1. The Labute approximate surface area is 113 Å². The Morgan fingerprint density at radius 3 is 2.58 bits per heavy atom. The lowest BCUT2D eigenvalue weighted by Crippen LogP contribution is -2.45. The second kappa shape index (κ2) is 6.02. The van der Waals surface area contributed by atoms with Crippen LogP contribution in [0.3, 0.4) is 0 Å². The maximum absolute atomic E-state index is 13.6. The number of benzene rings is 1. The Kier molecular flexibility index (Phi) is 4.89. The van der Waals surface area contributed by atoms with Gasteiger partial charge >= 0.3 is 0 Å². The lowest BCUT2D eigenvalue weighted by atomic mass is 10.1. The normalized spacial score (nSPS) is 13.1. The molecule has 0 bridgehead atoms. The van der Waals surface area contributed by atoms with Crippen molar-refractivity contribution in [2.45, 2.75) is 39.3 Å². The summed E-state index contributed by atoms with van der Waals surface area (Å²) in [4.78, 5) is 11.6. The van der Waals surface area contributed by atoms with Gasteiger partial charge in [-0.25, -0.2) is 4.39 Å². The number of rotatable bonds is 4. The molecule has 3 N–H and O–H groups in total. The maximum atomic E-state index is 13.6. The Hall–Kier alpha value is -1.62. The molecule has 1 aromatic carbocycles. The van der Waals surface area contributed by atoms with Crippen LogP contribution in [0.2, 0.25) is 0 Å². The number of carbonyl (C=O) groups excluding carboxylic acids is 1. The van der Waals surface area contributed by atoms with Crippen LogP contribution in [0.1, 0.15) is 39.3 Å². The van der Waals surface area contributed by atoms with Crippen molar-refractivity contribution in [1.82, 2.24) is 10.6 Å². The zero-order chi connectivity index (χ0) is 14.6. The quantitative estimate of drug-likeness (QED) is 0.783. The molecule has 1 rings (SSSR count). The molecule has 106 valence electrons. The third kappa shape index (κ3) is 5.26. The molecule has 19 heavy (non-hydrogen) atoms. The van der Waals surface area contributed by atoms with Gasteiger partial charge in [0.15, 0.2) is 0 Å². The van der Waals surface area contributed by atoms with Crippen molar-refractivity contribution >= 4 is 5.91 Å². The topological polar surface area (TPSA) is 61.4 Å². The molecule has 0 saturated heterocycles. The molecule has 0 spiro atoms. The molecular weight excluding hydrogens is 247 g/mol. The molecule has 0 fully saturated rings. The highest BCUT2D eigenvalue weighted by Crippen LogP contribution is 2.20. The van der Waals surface area contributed by atoms with Gasteiger partial charge in [-0.15, -0.1) is 0 Å². The lowest BCUT2D eigenvalue weighted by molar-refractivity contribution is -0.121. The van der Waals surface area contributed by atoms with E-state index < -0.39 is 5.82 Å². The van der Waals surface area contributed by atoms with Crippen LogP contribution in [-0.2, 0) is 4.79 Å². The number of nitrogens with one attached hydrogen (secondary N) is 2. The zero-order valence-electron chi connectivity index (χ0n) is 11.7. The van der Waals surface area contributed by atoms with E-state index in [-0.39, 0.29) is 29.8 Å². The van der Waals surface area contributed by atoms with Gasteiger partial charge in [0, 0.05) is 23.2 Å². The van der Waals surface area contributed by atoms with Crippen molar-refractivity contribution < 1.29 is 14.3 Å². The first-order chi connectivity index (χ1) is 8.69. The van der Waals surface area contributed by atoms with Crippen LogP contribution < -0.4 is 10.6 Å². The lowest BCUT2D eigenvalue weighted by Gasteiger charge is -2.22. The van der Waals surface area contributed by atoms with Gasteiger partial charge in [0.05, 0.1) is 6.54 Å². The van der Waals surface area contributed by atoms with Crippen LogP contribution >= 0.6 is 0 Å². The predicted octanol–water partition coefficient (Wildman–Crippen LogP) is 2.10. The van der Waals surface area contributed by atoms with Gasteiger partial charge < -0.3 is 15.7 Å². The molecule has 4 nitrogen and oxygen atoms in total. The summed E-state index contributed by atoms with van der Waals surface area (Å²) in [5.41, 5.74) is 0.132. The van der Waals surface area contributed by atoms with E-state index in [0.717, 1.165) is 6.07 Å². The third-order valence-corrected chi connectivity index (χ3v) is 2.53. The average molecular weight is 268 g/mol. The number of carbonyl (C=O) groups is 1. The Bertz CT molecular complexity index is 455. The van der Waals surface area contributed by atoms with Gasteiger partial charge in [-0.3, -0.25) is 4.79 Å². The highest BCUT2D eigenvalue weighted by atomic mass is 19.1. The van der Waals surface area contributed by atoms with E-state index in [1.165, 1.54) is 12.1 Å². The maximum Gasteiger partial charge on any atom is 0.234 e. The van der Waals surface area contributed by atoms with Gasteiger partial charge in [-0.1, -0.05) is 6.07 Å². The van der Waals surface area contributed by atoms with Crippen LogP contribution in [0, 0.1) is 5.82 Å². The summed E-state index contributed by atoms with van der Waals surface area (Å²) in [7, 11) is 0. The van der Waals surface area contributed by atoms with E-state index in [4.69, 9.17) is 5.11 Å². The van der Waals surface area contributed by atoms with Crippen LogP contribution in [0.4, 0.5) is 4.39 Å². The molecule has 0 heterocycles. The second-order valence-corrected chi connectivity index (χ2v) is 5.61. The monoisotopic (exact) mass is 268 g/mol. The van der Waals surface area contributed by atoms with Gasteiger partial charge in [-0.2, -0.15) is 0 Å². The first kappa shape index (κ1) is 15.4. The Balaban J connectivity index is 2.56. The molecule has 0 radical (unpaired) electrons. The van der Waals surface area contributed by atoms with Crippen molar-refractivity contribution in [3.05, 3.63) is 29.6 Å². The van der Waals surface area contributed by atoms with E-state index >= 15 is 0 Å². The summed E-state index contributed by atoms with van der Waals surface area (Å²) in [5, 5.41) is 14.9. The molecule has 1 atom stereocenters. The second-order valence-electron chi connectivity index (χ2n) is 5.61. The number of amides is 1. The van der Waals surface area contributed by atoms with E-state index in [1.54, 1.807) is 6.92 Å². The predicted molar refractivity (Wildman–Crippen MR) is 72.4 cm³/mol. The largest absolute Gasteiger partial charge is 0.508 e. The standard InChI is InChI=1S/C14H21FN2O2/c1-9(11-6-5-10(18)7-12(11)15)16-8-13(19)17-14(2,3)4/h5-7,9,16,18H,8H2,1-4H3,(H,17,19). The van der Waals surface area contributed by atoms with E-state index in [0.29, 0.717) is 5.56 Å². The van der Waals surface area contributed by atoms with Crippen LogP contribution in [0.15, 0.2) is 18.2 Å². The SMILES string of the molecule is CC(NCC(=O)NC(C)(C)C)c1ccc(O)cc1F. The third-order valence-electron chi connectivity index (χ3n) is 2.53. The molecule has 0 aliphatic heterocycles. The zero-order valence-corrected chi connectivity index (χ0v) is 11.7. The number of hydrogen-bond acceptors (Lipinski definition) is 3. The molecule has 1 unspecified atom stereocenters. The molecule has 5 heteroatoms. The molecule has 0 aliphatic carbocycles. The van der Waals surface area contributed by atoms with Gasteiger partial charge in [0.1, 0.15) is 11.6 Å². The van der Waals surface area contributed by atoms with Crippen molar-refractivity contribution in [3.8, 4) is 5.75 Å². The molecule has 0 aromatic heterocycles. The van der Waals surface area contributed by atoms with Crippen molar-refractivity contribution in [2.75, 3.05) is 6.54 Å². The van der Waals surface area contributed by atoms with Gasteiger partial charge in [0.2, 0.25) is 5.91 Å². The van der Waals surface area contributed by atoms with E-state index in [1.807, 2.05) is 20.8 Å².